The molecule has 0 aliphatic heterocycles. The monoisotopic (exact) mass is 450 g/mol. The van der Waals surface area contributed by atoms with E-state index in [-0.39, 0.29) is 11.8 Å². The molecule has 0 radical (unpaired) electrons. The molecule has 1 heterocycles. The van der Waals surface area contributed by atoms with Gasteiger partial charge in [-0.2, -0.15) is 0 Å². The van der Waals surface area contributed by atoms with Gasteiger partial charge >= 0.3 is 6.03 Å². The lowest BCUT2D eigenvalue weighted by Gasteiger charge is -2.09. The highest BCUT2D eigenvalue weighted by molar-refractivity contribution is 5.89. The maximum atomic E-state index is 13.0. The van der Waals surface area contributed by atoms with E-state index in [1.165, 1.54) is 12.1 Å². The van der Waals surface area contributed by atoms with Crippen molar-refractivity contribution >= 4 is 22.8 Å². The number of carbonyl (C=O) groups is 1. The zero-order chi connectivity index (χ0) is 23.5. The Bertz CT molecular complexity index is 1440. The quantitative estimate of drug-likeness (QED) is 0.280. The fourth-order valence-corrected chi connectivity index (χ4v) is 3.84. The summed E-state index contributed by atoms with van der Waals surface area (Å²) in [6.07, 6.45) is 0. The van der Waals surface area contributed by atoms with Gasteiger partial charge in [0.15, 0.2) is 0 Å². The van der Waals surface area contributed by atoms with Gasteiger partial charge in [-0.15, -0.1) is 0 Å². The van der Waals surface area contributed by atoms with Crippen molar-refractivity contribution in [2.75, 3.05) is 5.32 Å². The Labute approximate surface area is 196 Å². The summed E-state index contributed by atoms with van der Waals surface area (Å²) < 4.78 is 13.0. The highest BCUT2D eigenvalue weighted by atomic mass is 19.1. The minimum absolute atomic E-state index is 0.299. The van der Waals surface area contributed by atoms with Gasteiger partial charge in [0.1, 0.15) is 11.6 Å². The van der Waals surface area contributed by atoms with Crippen LogP contribution in [0.5, 0.6) is 0 Å². The van der Waals surface area contributed by atoms with Crippen molar-refractivity contribution < 1.29 is 9.18 Å². The van der Waals surface area contributed by atoms with Crippen molar-refractivity contribution in [1.29, 1.82) is 0 Å². The fourth-order valence-electron chi connectivity index (χ4n) is 3.84. The molecule has 168 valence electrons. The number of anilines is 1. The SMILES string of the molecule is Cc1cccc2[nH]c(-c3ccc(-c4ccc(NC(=O)NCc5ccc(F)cc5)cc4)cc3)nc12. The minimum Gasteiger partial charge on any atom is -0.338 e. The number of rotatable bonds is 5. The molecule has 0 atom stereocenters. The summed E-state index contributed by atoms with van der Waals surface area (Å²) in [7, 11) is 0. The average Bonchev–Trinajstić information content (AvgIpc) is 3.30. The first-order chi connectivity index (χ1) is 16.5. The van der Waals surface area contributed by atoms with Crippen LogP contribution in [0.1, 0.15) is 11.1 Å². The second kappa shape index (κ2) is 9.19. The number of para-hydroxylation sites is 1. The Morgan fingerprint density at radius 2 is 1.50 bits per heavy atom. The Kier molecular flexibility index (Phi) is 5.79. The van der Waals surface area contributed by atoms with Crippen molar-refractivity contribution in [1.82, 2.24) is 15.3 Å². The largest absolute Gasteiger partial charge is 0.338 e. The number of hydrogen-bond acceptors (Lipinski definition) is 2. The number of carbonyl (C=O) groups excluding carboxylic acids is 1. The van der Waals surface area contributed by atoms with Crippen LogP contribution in [-0.2, 0) is 6.54 Å². The smallest absolute Gasteiger partial charge is 0.319 e. The Morgan fingerprint density at radius 3 is 2.18 bits per heavy atom. The van der Waals surface area contributed by atoms with Crippen molar-refractivity contribution in [3.05, 3.63) is 108 Å². The second-order valence-electron chi connectivity index (χ2n) is 8.15. The molecule has 0 aliphatic carbocycles. The summed E-state index contributed by atoms with van der Waals surface area (Å²) >= 11 is 0. The number of nitrogens with zero attached hydrogens (tertiary/aromatic N) is 1. The Morgan fingerprint density at radius 1 is 0.853 bits per heavy atom. The number of aryl methyl sites for hydroxylation is 1. The van der Waals surface area contributed by atoms with Gasteiger partial charge in [-0.3, -0.25) is 0 Å². The lowest BCUT2D eigenvalue weighted by atomic mass is 10.0. The van der Waals surface area contributed by atoms with Gasteiger partial charge in [0, 0.05) is 17.8 Å². The summed E-state index contributed by atoms with van der Waals surface area (Å²) in [4.78, 5) is 20.3. The molecule has 5 nitrogen and oxygen atoms in total. The molecule has 4 aromatic carbocycles. The molecule has 0 unspecified atom stereocenters. The lowest BCUT2D eigenvalue weighted by Crippen LogP contribution is -2.28. The van der Waals surface area contributed by atoms with Crippen LogP contribution in [0.15, 0.2) is 91.0 Å². The zero-order valence-electron chi connectivity index (χ0n) is 18.6. The van der Waals surface area contributed by atoms with E-state index in [4.69, 9.17) is 4.98 Å². The van der Waals surface area contributed by atoms with Crippen LogP contribution < -0.4 is 10.6 Å². The molecule has 0 aliphatic rings. The number of halogens is 1. The van der Waals surface area contributed by atoms with Gasteiger partial charge in [0.05, 0.1) is 11.0 Å². The lowest BCUT2D eigenvalue weighted by molar-refractivity contribution is 0.251. The second-order valence-corrected chi connectivity index (χ2v) is 8.15. The number of fused-ring (bicyclic) bond motifs is 1. The maximum absolute atomic E-state index is 13.0. The topological polar surface area (TPSA) is 69.8 Å². The number of aromatic nitrogens is 2. The average molecular weight is 451 g/mol. The summed E-state index contributed by atoms with van der Waals surface area (Å²) in [6.45, 7) is 2.38. The van der Waals surface area contributed by atoms with E-state index in [0.29, 0.717) is 12.2 Å². The maximum Gasteiger partial charge on any atom is 0.319 e. The first kappa shape index (κ1) is 21.4. The van der Waals surface area contributed by atoms with E-state index in [2.05, 4.69) is 52.9 Å². The number of amides is 2. The third kappa shape index (κ3) is 4.66. The molecule has 0 bridgehead atoms. The van der Waals surface area contributed by atoms with Crippen LogP contribution in [0, 0.1) is 12.7 Å². The van der Waals surface area contributed by atoms with Crippen LogP contribution in [0.25, 0.3) is 33.5 Å². The molecule has 0 fully saturated rings. The summed E-state index contributed by atoms with van der Waals surface area (Å²) in [5.74, 6) is 0.551. The molecule has 1 aromatic heterocycles. The van der Waals surface area contributed by atoms with Crippen molar-refractivity contribution in [2.45, 2.75) is 13.5 Å². The molecule has 5 aromatic rings. The van der Waals surface area contributed by atoms with Crippen LogP contribution in [-0.4, -0.2) is 16.0 Å². The van der Waals surface area contributed by atoms with Crippen molar-refractivity contribution in [3.8, 4) is 22.5 Å². The zero-order valence-corrected chi connectivity index (χ0v) is 18.6. The molecule has 0 saturated heterocycles. The predicted molar refractivity (Wildman–Crippen MR) is 134 cm³/mol. The Balaban J connectivity index is 1.22. The number of urea groups is 1. The van der Waals surface area contributed by atoms with Crippen LogP contribution in [0.2, 0.25) is 0 Å². The molecule has 0 spiro atoms. The van der Waals surface area contributed by atoms with Gasteiger partial charge in [0.25, 0.3) is 0 Å². The molecular formula is C28H23FN4O. The molecule has 5 rings (SSSR count). The number of nitrogens with one attached hydrogen (secondary N) is 3. The van der Waals surface area contributed by atoms with E-state index in [1.54, 1.807) is 12.1 Å². The molecule has 34 heavy (non-hydrogen) atoms. The third-order valence-corrected chi connectivity index (χ3v) is 5.72. The molecule has 6 heteroatoms. The van der Waals surface area contributed by atoms with Gasteiger partial charge in [0.2, 0.25) is 0 Å². The van der Waals surface area contributed by atoms with E-state index >= 15 is 0 Å². The fraction of sp³-hybridized carbons (Fsp3) is 0.0714. The van der Waals surface area contributed by atoms with Gasteiger partial charge in [-0.05, 0) is 59.5 Å². The van der Waals surface area contributed by atoms with E-state index < -0.39 is 0 Å². The third-order valence-electron chi connectivity index (χ3n) is 5.72. The summed E-state index contributed by atoms with van der Waals surface area (Å²) in [6, 6.07) is 27.7. The van der Waals surface area contributed by atoms with Crippen molar-refractivity contribution in [3.63, 3.8) is 0 Å². The molecular weight excluding hydrogens is 427 g/mol. The van der Waals surface area contributed by atoms with Crippen LogP contribution >= 0.6 is 0 Å². The van der Waals surface area contributed by atoms with Crippen LogP contribution in [0.4, 0.5) is 14.9 Å². The normalized spacial score (nSPS) is 10.9. The molecule has 3 N–H and O–H groups in total. The standard InChI is InChI=1S/C28H23FN4O/c1-18-3-2-4-25-26(18)33-27(32-25)22-9-7-20(8-10-22)21-11-15-24(16-12-21)31-28(34)30-17-19-5-13-23(29)14-6-19/h2-16H,17H2,1H3,(H,32,33)(H2,30,31,34). The van der Waals surface area contributed by atoms with E-state index in [0.717, 1.165) is 44.7 Å². The molecule has 0 saturated carbocycles. The minimum atomic E-state index is -0.317. The first-order valence-electron chi connectivity index (χ1n) is 11.0. The van der Waals surface area contributed by atoms with Crippen LogP contribution in [0.3, 0.4) is 0 Å². The number of aromatic amines is 1. The predicted octanol–water partition coefficient (Wildman–Crippen LogP) is 6.67. The van der Waals surface area contributed by atoms with E-state index in [1.807, 2.05) is 36.4 Å². The van der Waals surface area contributed by atoms with Gasteiger partial charge in [-0.1, -0.05) is 60.7 Å². The number of benzene rings is 4. The number of H-pyrrole nitrogens is 1. The first-order valence-corrected chi connectivity index (χ1v) is 11.0. The molecule has 2 amide bonds. The van der Waals surface area contributed by atoms with Gasteiger partial charge < -0.3 is 15.6 Å². The van der Waals surface area contributed by atoms with E-state index in [9.17, 15) is 9.18 Å². The Hall–Kier alpha value is -4.45. The summed E-state index contributed by atoms with van der Waals surface area (Å²) in [5, 5.41) is 5.58. The summed E-state index contributed by atoms with van der Waals surface area (Å²) in [5.41, 5.74) is 7.83. The number of imidazole rings is 1. The highest BCUT2D eigenvalue weighted by Crippen LogP contribution is 2.26. The number of hydrogen-bond donors (Lipinski definition) is 3. The highest BCUT2D eigenvalue weighted by Gasteiger charge is 2.08. The van der Waals surface area contributed by atoms with Crippen molar-refractivity contribution in [2.24, 2.45) is 0 Å². The van der Waals surface area contributed by atoms with Gasteiger partial charge in [-0.25, -0.2) is 14.2 Å².